The molecule has 0 saturated heterocycles. The van der Waals surface area contributed by atoms with Crippen LogP contribution < -0.4 is 5.32 Å². The number of carbonyl (C=O) groups is 1. The minimum atomic E-state index is -0.320. The molecule has 6 nitrogen and oxygen atoms in total. The number of nitrogens with zero attached hydrogens (tertiary/aromatic N) is 4. The number of tetrazole rings is 1. The fourth-order valence-electron chi connectivity index (χ4n) is 2.04. The zero-order valence-corrected chi connectivity index (χ0v) is 15.4. The van der Waals surface area contributed by atoms with Gasteiger partial charge < -0.3 is 5.32 Å². The van der Waals surface area contributed by atoms with Crippen molar-refractivity contribution in [1.82, 2.24) is 20.2 Å². The maximum absolute atomic E-state index is 12.5. The fraction of sp³-hybridized carbons (Fsp3) is 0.176. The monoisotopic (exact) mass is 371 g/mol. The van der Waals surface area contributed by atoms with Crippen LogP contribution in [-0.2, 0) is 11.8 Å². The highest BCUT2D eigenvalue weighted by Crippen LogP contribution is 2.33. The van der Waals surface area contributed by atoms with Crippen LogP contribution in [0.2, 0.25) is 0 Å². The number of amides is 1. The molecule has 0 aliphatic heterocycles. The predicted molar refractivity (Wildman–Crippen MR) is 99.8 cm³/mol. The van der Waals surface area contributed by atoms with Gasteiger partial charge in [0, 0.05) is 16.8 Å². The van der Waals surface area contributed by atoms with Crippen molar-refractivity contribution < 1.29 is 4.79 Å². The summed E-state index contributed by atoms with van der Waals surface area (Å²) in [7, 11) is 1.75. The lowest BCUT2D eigenvalue weighted by Gasteiger charge is -2.14. The van der Waals surface area contributed by atoms with Crippen LogP contribution >= 0.6 is 23.5 Å². The summed E-state index contributed by atoms with van der Waals surface area (Å²) >= 11 is 2.94. The highest BCUT2D eigenvalue weighted by molar-refractivity contribution is 8.00. The predicted octanol–water partition coefficient (Wildman–Crippen LogP) is 3.48. The molecular weight excluding hydrogens is 354 g/mol. The van der Waals surface area contributed by atoms with Gasteiger partial charge in [0.1, 0.15) is 0 Å². The van der Waals surface area contributed by atoms with Crippen molar-refractivity contribution in [3.8, 4) is 0 Å². The zero-order valence-electron chi connectivity index (χ0n) is 13.8. The van der Waals surface area contributed by atoms with Crippen LogP contribution in [0.4, 0.5) is 5.69 Å². The standard InChI is InChI=1S/C17H17N5OS2/c1-12(24-17-19-20-21-22(17)2)16(23)18-14-10-6-7-11-15(14)25-13-8-4-3-5-9-13/h3-12H,1-2H3,(H,18,23)/t12-/m1/s1. The summed E-state index contributed by atoms with van der Waals surface area (Å²) in [6.45, 7) is 1.83. The second kappa shape index (κ2) is 8.17. The highest BCUT2D eigenvalue weighted by Gasteiger charge is 2.18. The van der Waals surface area contributed by atoms with Gasteiger partial charge in [-0.1, -0.05) is 53.9 Å². The molecule has 0 radical (unpaired) electrons. The van der Waals surface area contributed by atoms with E-state index in [1.165, 1.54) is 11.8 Å². The number of para-hydroxylation sites is 1. The van der Waals surface area contributed by atoms with Crippen LogP contribution in [0.3, 0.4) is 0 Å². The molecule has 1 atom stereocenters. The molecule has 0 bridgehead atoms. The van der Waals surface area contributed by atoms with E-state index in [0.717, 1.165) is 15.5 Å². The van der Waals surface area contributed by atoms with Gasteiger partial charge in [0.25, 0.3) is 0 Å². The third-order valence-corrected chi connectivity index (χ3v) is 5.56. The first-order valence-corrected chi connectivity index (χ1v) is 9.35. The van der Waals surface area contributed by atoms with Crippen molar-refractivity contribution in [1.29, 1.82) is 0 Å². The number of thioether (sulfide) groups is 1. The van der Waals surface area contributed by atoms with E-state index in [2.05, 4.69) is 20.8 Å². The molecule has 1 N–H and O–H groups in total. The van der Waals surface area contributed by atoms with Crippen LogP contribution in [-0.4, -0.2) is 31.4 Å². The Labute approximate surface area is 154 Å². The van der Waals surface area contributed by atoms with Crippen molar-refractivity contribution in [2.45, 2.75) is 27.1 Å². The van der Waals surface area contributed by atoms with Crippen LogP contribution in [0.15, 0.2) is 69.5 Å². The number of aryl methyl sites for hydroxylation is 1. The van der Waals surface area contributed by atoms with Gasteiger partial charge >= 0.3 is 0 Å². The zero-order chi connectivity index (χ0) is 17.6. The summed E-state index contributed by atoms with van der Waals surface area (Å²) in [5, 5.41) is 14.5. The smallest absolute Gasteiger partial charge is 0.237 e. The Hall–Kier alpha value is -2.32. The van der Waals surface area contributed by atoms with Crippen molar-refractivity contribution in [2.24, 2.45) is 7.05 Å². The molecule has 1 aromatic heterocycles. The summed E-state index contributed by atoms with van der Waals surface area (Å²) in [6.07, 6.45) is 0. The Bertz CT molecular complexity index is 853. The first-order chi connectivity index (χ1) is 12.1. The molecule has 1 heterocycles. The third kappa shape index (κ3) is 4.61. The average Bonchev–Trinajstić information content (AvgIpc) is 3.02. The maximum atomic E-state index is 12.5. The molecule has 25 heavy (non-hydrogen) atoms. The SMILES string of the molecule is C[C@@H](Sc1nnnn1C)C(=O)Nc1ccccc1Sc1ccccc1. The first kappa shape index (κ1) is 17.5. The van der Waals surface area contributed by atoms with Gasteiger partial charge in [-0.25, -0.2) is 4.68 Å². The molecule has 3 rings (SSSR count). The van der Waals surface area contributed by atoms with Gasteiger partial charge in [-0.15, -0.1) is 5.10 Å². The summed E-state index contributed by atoms with van der Waals surface area (Å²) in [4.78, 5) is 14.7. The number of aromatic nitrogens is 4. The van der Waals surface area contributed by atoms with Crippen molar-refractivity contribution in [3.05, 3.63) is 54.6 Å². The summed E-state index contributed by atoms with van der Waals surface area (Å²) < 4.78 is 1.55. The molecule has 0 aliphatic rings. The summed E-state index contributed by atoms with van der Waals surface area (Å²) in [5.41, 5.74) is 0.796. The molecular formula is C17H17N5OS2. The van der Waals surface area contributed by atoms with Crippen LogP contribution in [0.5, 0.6) is 0 Å². The minimum Gasteiger partial charge on any atom is -0.324 e. The van der Waals surface area contributed by atoms with Gasteiger partial charge in [0.15, 0.2) is 0 Å². The van der Waals surface area contributed by atoms with E-state index in [0.29, 0.717) is 5.16 Å². The lowest BCUT2D eigenvalue weighted by atomic mass is 10.3. The van der Waals surface area contributed by atoms with Crippen molar-refractivity contribution >= 4 is 35.1 Å². The second-order valence-corrected chi connectivity index (χ2v) is 7.67. The number of anilines is 1. The Kier molecular flexibility index (Phi) is 5.72. The lowest BCUT2D eigenvalue weighted by molar-refractivity contribution is -0.115. The molecule has 2 aromatic carbocycles. The normalized spacial score (nSPS) is 11.9. The third-order valence-electron chi connectivity index (χ3n) is 3.35. The molecule has 128 valence electrons. The largest absolute Gasteiger partial charge is 0.324 e. The Morgan fingerprint density at radius 3 is 2.56 bits per heavy atom. The quantitative estimate of drug-likeness (QED) is 0.669. The Morgan fingerprint density at radius 2 is 1.84 bits per heavy atom. The first-order valence-electron chi connectivity index (χ1n) is 7.65. The van der Waals surface area contributed by atoms with E-state index in [1.54, 1.807) is 23.5 Å². The fourth-order valence-corrected chi connectivity index (χ4v) is 3.72. The summed E-state index contributed by atoms with van der Waals surface area (Å²) in [5.74, 6) is -0.0888. The molecule has 3 aromatic rings. The van der Waals surface area contributed by atoms with Crippen LogP contribution in [0, 0.1) is 0 Å². The number of benzene rings is 2. The highest BCUT2D eigenvalue weighted by atomic mass is 32.2. The van der Waals surface area contributed by atoms with E-state index in [9.17, 15) is 4.79 Å². The van der Waals surface area contributed by atoms with E-state index in [-0.39, 0.29) is 11.2 Å². The topological polar surface area (TPSA) is 72.7 Å². The Morgan fingerprint density at radius 1 is 1.12 bits per heavy atom. The van der Waals surface area contributed by atoms with Crippen LogP contribution in [0.25, 0.3) is 0 Å². The molecule has 0 saturated carbocycles. The number of nitrogens with one attached hydrogen (secondary N) is 1. The maximum Gasteiger partial charge on any atom is 0.237 e. The molecule has 0 spiro atoms. The number of carbonyl (C=O) groups excluding carboxylic acids is 1. The molecule has 1 amide bonds. The lowest BCUT2D eigenvalue weighted by Crippen LogP contribution is -2.23. The van der Waals surface area contributed by atoms with E-state index >= 15 is 0 Å². The van der Waals surface area contributed by atoms with Crippen molar-refractivity contribution in [3.63, 3.8) is 0 Å². The van der Waals surface area contributed by atoms with E-state index in [1.807, 2.05) is 61.5 Å². The van der Waals surface area contributed by atoms with Gasteiger partial charge in [0.05, 0.1) is 10.9 Å². The number of rotatable bonds is 6. The van der Waals surface area contributed by atoms with E-state index in [4.69, 9.17) is 0 Å². The molecule has 0 unspecified atom stereocenters. The minimum absolute atomic E-state index is 0.0888. The van der Waals surface area contributed by atoms with Gasteiger partial charge in [-0.05, 0) is 41.6 Å². The Balaban J connectivity index is 1.70. The average molecular weight is 371 g/mol. The van der Waals surface area contributed by atoms with Crippen LogP contribution in [0.1, 0.15) is 6.92 Å². The van der Waals surface area contributed by atoms with Gasteiger partial charge in [0.2, 0.25) is 11.1 Å². The second-order valence-electron chi connectivity index (χ2n) is 5.25. The van der Waals surface area contributed by atoms with Crippen molar-refractivity contribution in [2.75, 3.05) is 5.32 Å². The van der Waals surface area contributed by atoms with Gasteiger partial charge in [-0.3, -0.25) is 4.79 Å². The molecule has 0 fully saturated rings. The molecule has 0 aliphatic carbocycles. The number of hydrogen-bond donors (Lipinski definition) is 1. The van der Waals surface area contributed by atoms with Gasteiger partial charge in [-0.2, -0.15) is 0 Å². The summed E-state index contributed by atoms with van der Waals surface area (Å²) in [6, 6.07) is 17.8. The number of hydrogen-bond acceptors (Lipinski definition) is 6. The van der Waals surface area contributed by atoms with E-state index < -0.39 is 0 Å². The molecule has 8 heteroatoms.